The van der Waals surface area contributed by atoms with E-state index in [1.54, 1.807) is 24.3 Å². The van der Waals surface area contributed by atoms with Gasteiger partial charge in [0.15, 0.2) is 0 Å². The van der Waals surface area contributed by atoms with Crippen LogP contribution in [0.5, 0.6) is 5.75 Å². The van der Waals surface area contributed by atoms with Crippen molar-refractivity contribution < 1.29 is 38.3 Å². The van der Waals surface area contributed by atoms with Crippen LogP contribution in [-0.2, 0) is 27.7 Å². The van der Waals surface area contributed by atoms with Crippen molar-refractivity contribution in [2.75, 3.05) is 0 Å². The van der Waals surface area contributed by atoms with Crippen molar-refractivity contribution in [2.45, 2.75) is 0 Å². The van der Waals surface area contributed by atoms with E-state index in [9.17, 15) is 0 Å². The minimum Gasteiger partial charge on any atom is -0.508 e. The number of phenols is 1. The molecule has 46 valence electrons. The van der Waals surface area contributed by atoms with Gasteiger partial charge in [0, 0.05) is 27.7 Å². The Kier molecular flexibility index (Phi) is 7.84. The van der Waals surface area contributed by atoms with Crippen LogP contribution in [0.4, 0.5) is 0 Å². The third-order valence-corrected chi connectivity index (χ3v) is 0.756. The Morgan fingerprint density at radius 1 is 1.00 bits per heavy atom. The molecule has 0 amide bonds. The predicted molar refractivity (Wildman–Crippen MR) is 31.7 cm³/mol. The maximum atomic E-state index is 8.63. The van der Waals surface area contributed by atoms with Crippen molar-refractivity contribution in [3.05, 3.63) is 30.3 Å². The summed E-state index contributed by atoms with van der Waals surface area (Å²) in [5.41, 5.74) is 0. The second-order valence-electron chi connectivity index (χ2n) is 1.34. The van der Waals surface area contributed by atoms with Gasteiger partial charge in [-0.25, -0.2) is 0 Å². The van der Waals surface area contributed by atoms with Gasteiger partial charge in [-0.05, 0) is 12.1 Å². The Balaban J connectivity index is 0. The Hall–Kier alpha value is -0.0849. The maximum absolute atomic E-state index is 8.63. The van der Waals surface area contributed by atoms with Crippen molar-refractivity contribution in [3.8, 4) is 5.75 Å². The van der Waals surface area contributed by atoms with Crippen molar-refractivity contribution >= 4 is 0 Å². The molecule has 0 aromatic heterocycles. The summed E-state index contributed by atoms with van der Waals surface area (Å²) >= 11 is 0. The smallest absolute Gasteiger partial charge is 0.115 e. The van der Waals surface area contributed by atoms with Crippen LogP contribution in [0.2, 0.25) is 0 Å². The monoisotopic (exact) mass is 314 g/mol. The van der Waals surface area contributed by atoms with Gasteiger partial charge < -0.3 is 10.6 Å². The number of hydrogen-bond acceptors (Lipinski definition) is 1. The fourth-order valence-corrected chi connectivity index (χ4v) is 0.428. The van der Waals surface area contributed by atoms with Crippen molar-refractivity contribution in [3.63, 3.8) is 0 Å². The molecule has 0 aliphatic carbocycles. The van der Waals surface area contributed by atoms with E-state index < -0.39 is 0 Å². The number of hydrogen-bond donors (Lipinski definition) is 1. The van der Waals surface area contributed by atoms with Gasteiger partial charge in [-0.3, -0.25) is 0 Å². The average molecular weight is 313 g/mol. The van der Waals surface area contributed by atoms with Gasteiger partial charge in [-0.2, -0.15) is 0 Å². The van der Waals surface area contributed by atoms with E-state index in [0.717, 1.165) is 0 Å². The molecule has 0 heterocycles. The van der Waals surface area contributed by atoms with E-state index >= 15 is 0 Å². The molecule has 0 aliphatic rings. The third kappa shape index (κ3) is 4.42. The van der Waals surface area contributed by atoms with Crippen LogP contribution in [0.1, 0.15) is 0 Å². The minimum absolute atomic E-state index is 0. The van der Waals surface area contributed by atoms with Crippen LogP contribution in [0.15, 0.2) is 30.3 Å². The average Bonchev–Trinajstić information content (AvgIpc) is 1.69. The van der Waals surface area contributed by atoms with E-state index in [-0.39, 0.29) is 33.1 Å². The largest absolute Gasteiger partial charge is 0.508 e. The summed E-state index contributed by atoms with van der Waals surface area (Å²) < 4.78 is 0. The second kappa shape index (κ2) is 6.04. The maximum Gasteiger partial charge on any atom is 0.115 e. The fraction of sp³-hybridized carbons (Fsp3) is 0. The molecular formula is C6H8HgO2. The normalized spacial score (nSPS) is 6.67. The van der Waals surface area contributed by atoms with E-state index in [4.69, 9.17) is 5.11 Å². The minimum atomic E-state index is 0. The quantitative estimate of drug-likeness (QED) is 0.700. The fourth-order valence-electron chi connectivity index (χ4n) is 0.428. The Morgan fingerprint density at radius 3 is 1.67 bits per heavy atom. The zero-order valence-corrected chi connectivity index (χ0v) is 10.5. The molecule has 0 unspecified atom stereocenters. The molecule has 0 radical (unpaired) electrons. The molecule has 1 aromatic carbocycles. The summed E-state index contributed by atoms with van der Waals surface area (Å²) in [6.45, 7) is 0. The Labute approximate surface area is 74.3 Å². The number of benzene rings is 1. The molecule has 3 N–H and O–H groups in total. The van der Waals surface area contributed by atoms with E-state index in [0.29, 0.717) is 5.75 Å². The van der Waals surface area contributed by atoms with Gasteiger partial charge in [0.05, 0.1) is 0 Å². The first-order valence-electron chi connectivity index (χ1n) is 2.13. The van der Waals surface area contributed by atoms with Crippen molar-refractivity contribution in [1.29, 1.82) is 0 Å². The molecule has 0 spiro atoms. The van der Waals surface area contributed by atoms with Crippen LogP contribution < -0.4 is 0 Å². The van der Waals surface area contributed by atoms with Crippen LogP contribution in [0.25, 0.3) is 0 Å². The molecule has 2 nitrogen and oxygen atoms in total. The standard InChI is InChI=1S/C6H6O.Hg.H2O/c7-6-4-2-1-3-5-6;;/h1-5,7H;;1H2. The molecule has 0 atom stereocenters. The number of rotatable bonds is 0. The molecule has 3 heteroatoms. The van der Waals surface area contributed by atoms with Gasteiger partial charge >= 0.3 is 0 Å². The zero-order chi connectivity index (χ0) is 5.11. The first-order valence-corrected chi connectivity index (χ1v) is 2.13. The first kappa shape index (κ1) is 11.7. The molecule has 0 bridgehead atoms. The van der Waals surface area contributed by atoms with Crippen LogP contribution >= 0.6 is 0 Å². The van der Waals surface area contributed by atoms with E-state index in [2.05, 4.69) is 0 Å². The number of para-hydroxylation sites is 1. The van der Waals surface area contributed by atoms with E-state index in [1.807, 2.05) is 6.07 Å². The number of phenolic OH excluding ortho intramolecular Hbond substituents is 1. The summed E-state index contributed by atoms with van der Waals surface area (Å²) in [6, 6.07) is 8.71. The SMILES string of the molecule is O.Oc1ccccc1.[Hg]. The van der Waals surface area contributed by atoms with Gasteiger partial charge in [0.25, 0.3) is 0 Å². The topological polar surface area (TPSA) is 51.7 Å². The van der Waals surface area contributed by atoms with Crippen LogP contribution in [-0.4, -0.2) is 10.6 Å². The third-order valence-electron chi connectivity index (χ3n) is 0.756. The zero-order valence-electron chi connectivity index (χ0n) is 5.04. The summed E-state index contributed by atoms with van der Waals surface area (Å²) in [5, 5.41) is 8.63. The molecule has 0 saturated carbocycles. The summed E-state index contributed by atoms with van der Waals surface area (Å²) in [4.78, 5) is 0. The van der Waals surface area contributed by atoms with Gasteiger partial charge in [-0.15, -0.1) is 0 Å². The molecule has 1 rings (SSSR count). The predicted octanol–water partition coefficient (Wildman–Crippen LogP) is 0.565. The van der Waals surface area contributed by atoms with Crippen LogP contribution in [0.3, 0.4) is 0 Å². The molecule has 9 heavy (non-hydrogen) atoms. The second-order valence-corrected chi connectivity index (χ2v) is 1.34. The summed E-state index contributed by atoms with van der Waals surface area (Å²) in [5.74, 6) is 0.322. The number of aromatic hydroxyl groups is 1. The van der Waals surface area contributed by atoms with Gasteiger partial charge in [-0.1, -0.05) is 18.2 Å². The molecule has 0 fully saturated rings. The van der Waals surface area contributed by atoms with Crippen LogP contribution in [0, 0.1) is 0 Å². The van der Waals surface area contributed by atoms with Crippen molar-refractivity contribution in [2.24, 2.45) is 0 Å². The van der Waals surface area contributed by atoms with Crippen molar-refractivity contribution in [1.82, 2.24) is 0 Å². The molecule has 0 aliphatic heterocycles. The van der Waals surface area contributed by atoms with Gasteiger partial charge in [0.2, 0.25) is 0 Å². The van der Waals surface area contributed by atoms with Gasteiger partial charge in [0.1, 0.15) is 5.75 Å². The Bertz CT molecular complexity index is 141. The molecular weight excluding hydrogens is 305 g/mol. The molecule has 0 saturated heterocycles. The first-order chi connectivity index (χ1) is 3.39. The summed E-state index contributed by atoms with van der Waals surface area (Å²) in [6.07, 6.45) is 0. The molecule has 1 aromatic rings. The summed E-state index contributed by atoms with van der Waals surface area (Å²) in [7, 11) is 0. The van der Waals surface area contributed by atoms with E-state index in [1.165, 1.54) is 0 Å². The Morgan fingerprint density at radius 2 is 1.44 bits per heavy atom.